The third kappa shape index (κ3) is 4.43. The van der Waals surface area contributed by atoms with Crippen molar-refractivity contribution in [2.75, 3.05) is 12.4 Å². The number of hydrogen-bond acceptors (Lipinski definition) is 9. The SMILES string of the molecule is COc1nc2c(cc1-c1c(C)noc1C)[nH]c1nc(C)nc(N/C(=C/C(C)=N)NC(C)(C)C)c12. The van der Waals surface area contributed by atoms with Gasteiger partial charge in [-0.2, -0.15) is 0 Å². The maximum atomic E-state index is 7.95. The van der Waals surface area contributed by atoms with Gasteiger partial charge in [-0.1, -0.05) is 5.16 Å². The van der Waals surface area contributed by atoms with Gasteiger partial charge in [-0.15, -0.1) is 0 Å². The van der Waals surface area contributed by atoms with E-state index in [1.807, 2.05) is 26.8 Å². The molecule has 10 nitrogen and oxygen atoms in total. The second-order valence-corrected chi connectivity index (χ2v) is 9.35. The van der Waals surface area contributed by atoms with Crippen LogP contribution in [-0.2, 0) is 0 Å². The van der Waals surface area contributed by atoms with Crippen LogP contribution in [0, 0.1) is 26.2 Å². The topological polar surface area (TPSA) is 138 Å². The van der Waals surface area contributed by atoms with Crippen molar-refractivity contribution in [3.8, 4) is 17.0 Å². The summed E-state index contributed by atoms with van der Waals surface area (Å²) in [7, 11) is 1.59. The molecule has 0 unspecified atom stereocenters. The van der Waals surface area contributed by atoms with Crippen molar-refractivity contribution in [2.24, 2.45) is 0 Å². The minimum Gasteiger partial charge on any atom is -0.481 e. The predicted octanol–water partition coefficient (Wildman–Crippen LogP) is 4.78. The molecule has 0 aliphatic heterocycles. The number of fused-ring (bicyclic) bond motifs is 3. The molecule has 0 amide bonds. The fraction of sp³-hybridized carbons (Fsp3) is 0.375. The van der Waals surface area contributed by atoms with Gasteiger partial charge in [-0.3, -0.25) is 0 Å². The van der Waals surface area contributed by atoms with E-state index in [2.05, 4.69) is 51.5 Å². The number of nitrogens with one attached hydrogen (secondary N) is 4. The Kier molecular flexibility index (Phi) is 5.76. The van der Waals surface area contributed by atoms with Gasteiger partial charge < -0.3 is 30.3 Å². The van der Waals surface area contributed by atoms with Crippen LogP contribution < -0.4 is 15.4 Å². The fourth-order valence-corrected chi connectivity index (χ4v) is 3.94. The van der Waals surface area contributed by atoms with E-state index in [4.69, 9.17) is 19.7 Å². The molecule has 4 aromatic rings. The Balaban J connectivity index is 1.94. The van der Waals surface area contributed by atoms with E-state index in [-0.39, 0.29) is 5.54 Å². The zero-order chi connectivity index (χ0) is 24.8. The Morgan fingerprint density at radius 2 is 1.91 bits per heavy atom. The molecule has 0 spiro atoms. The molecule has 4 rings (SSSR count). The number of aryl methyl sites for hydroxylation is 3. The lowest BCUT2D eigenvalue weighted by atomic mass is 10.0. The third-order valence-electron chi connectivity index (χ3n) is 5.12. The van der Waals surface area contributed by atoms with Gasteiger partial charge in [0.05, 0.1) is 34.8 Å². The minimum atomic E-state index is -0.222. The van der Waals surface area contributed by atoms with Crippen molar-refractivity contribution in [1.29, 1.82) is 5.41 Å². The second-order valence-electron chi connectivity index (χ2n) is 9.35. The average molecular weight is 463 g/mol. The molecular weight excluding hydrogens is 432 g/mol. The number of nitrogens with zero attached hydrogens (tertiary/aromatic N) is 4. The van der Waals surface area contributed by atoms with Crippen molar-refractivity contribution >= 4 is 33.6 Å². The second kappa shape index (κ2) is 8.44. The van der Waals surface area contributed by atoms with Gasteiger partial charge >= 0.3 is 0 Å². The molecule has 0 aromatic carbocycles. The summed E-state index contributed by atoms with van der Waals surface area (Å²) in [4.78, 5) is 17.5. The number of anilines is 1. The smallest absolute Gasteiger partial charge is 0.221 e. The predicted molar refractivity (Wildman–Crippen MR) is 133 cm³/mol. The molecule has 34 heavy (non-hydrogen) atoms. The molecule has 0 aliphatic carbocycles. The van der Waals surface area contributed by atoms with Crippen LogP contribution >= 0.6 is 0 Å². The Bertz CT molecular complexity index is 1420. The lowest BCUT2D eigenvalue weighted by Crippen LogP contribution is -2.38. The van der Waals surface area contributed by atoms with Gasteiger partial charge in [-0.05, 0) is 60.6 Å². The molecule has 0 saturated heterocycles. The van der Waals surface area contributed by atoms with E-state index in [1.54, 1.807) is 20.1 Å². The first-order valence-corrected chi connectivity index (χ1v) is 11.0. The summed E-state index contributed by atoms with van der Waals surface area (Å²) in [6.45, 7) is 13.5. The van der Waals surface area contributed by atoms with E-state index < -0.39 is 0 Å². The molecule has 0 atom stereocenters. The van der Waals surface area contributed by atoms with Crippen molar-refractivity contribution < 1.29 is 9.26 Å². The highest BCUT2D eigenvalue weighted by Crippen LogP contribution is 2.38. The molecule has 178 valence electrons. The number of methoxy groups -OCH3 is 1. The average Bonchev–Trinajstić information content (AvgIpc) is 3.23. The molecule has 0 fully saturated rings. The number of H-pyrrole nitrogens is 1. The lowest BCUT2D eigenvalue weighted by Gasteiger charge is -2.25. The third-order valence-corrected chi connectivity index (χ3v) is 5.12. The number of pyridine rings is 1. The molecule has 4 N–H and O–H groups in total. The van der Waals surface area contributed by atoms with E-state index in [9.17, 15) is 0 Å². The van der Waals surface area contributed by atoms with Gasteiger partial charge in [0.25, 0.3) is 0 Å². The highest BCUT2D eigenvalue weighted by molar-refractivity contribution is 6.10. The Labute approximate surface area is 197 Å². The summed E-state index contributed by atoms with van der Waals surface area (Å²) < 4.78 is 11.0. The zero-order valence-corrected chi connectivity index (χ0v) is 20.8. The van der Waals surface area contributed by atoms with Crippen LogP contribution in [0.3, 0.4) is 0 Å². The number of rotatable bonds is 6. The van der Waals surface area contributed by atoms with Crippen molar-refractivity contribution in [1.82, 2.24) is 30.4 Å². The summed E-state index contributed by atoms with van der Waals surface area (Å²) in [5.74, 6) is 2.98. The monoisotopic (exact) mass is 462 g/mol. The van der Waals surface area contributed by atoms with Crippen LogP contribution in [0.25, 0.3) is 33.2 Å². The zero-order valence-electron chi connectivity index (χ0n) is 20.8. The van der Waals surface area contributed by atoms with Crippen LogP contribution in [0.5, 0.6) is 5.88 Å². The highest BCUT2D eigenvalue weighted by Gasteiger charge is 2.22. The first-order valence-electron chi connectivity index (χ1n) is 11.0. The normalized spacial score (nSPS) is 12.4. The fourth-order valence-electron chi connectivity index (χ4n) is 3.94. The number of ether oxygens (including phenoxy) is 1. The van der Waals surface area contributed by atoms with E-state index in [0.29, 0.717) is 46.0 Å². The maximum Gasteiger partial charge on any atom is 0.221 e. The largest absolute Gasteiger partial charge is 0.481 e. The van der Waals surface area contributed by atoms with Crippen LogP contribution in [0.4, 0.5) is 5.82 Å². The van der Waals surface area contributed by atoms with Gasteiger partial charge in [0.1, 0.15) is 34.4 Å². The summed E-state index contributed by atoms with van der Waals surface area (Å²) in [5, 5.41) is 19.5. The van der Waals surface area contributed by atoms with Gasteiger partial charge in [0.2, 0.25) is 5.88 Å². The Morgan fingerprint density at radius 1 is 1.18 bits per heavy atom. The van der Waals surface area contributed by atoms with Crippen molar-refractivity contribution in [2.45, 2.75) is 54.0 Å². The van der Waals surface area contributed by atoms with E-state index in [1.165, 1.54) is 0 Å². The van der Waals surface area contributed by atoms with E-state index in [0.717, 1.165) is 27.7 Å². The van der Waals surface area contributed by atoms with Crippen LogP contribution in [0.15, 0.2) is 22.5 Å². The molecule has 0 aliphatic rings. The summed E-state index contributed by atoms with van der Waals surface area (Å²) >= 11 is 0. The molecular formula is C24H30N8O2. The summed E-state index contributed by atoms with van der Waals surface area (Å²) in [6.07, 6.45) is 1.73. The van der Waals surface area contributed by atoms with Crippen molar-refractivity contribution in [3.05, 3.63) is 35.2 Å². The first kappa shape index (κ1) is 23.2. The quantitative estimate of drug-likeness (QED) is 0.301. The summed E-state index contributed by atoms with van der Waals surface area (Å²) in [5.41, 5.74) is 4.69. The van der Waals surface area contributed by atoms with Crippen LogP contribution in [0.2, 0.25) is 0 Å². The molecule has 0 saturated carbocycles. The summed E-state index contributed by atoms with van der Waals surface area (Å²) in [6, 6.07) is 1.97. The number of aromatic amines is 1. The molecule has 4 aromatic heterocycles. The van der Waals surface area contributed by atoms with Gasteiger partial charge in [0, 0.05) is 11.3 Å². The molecule has 4 heterocycles. The lowest BCUT2D eigenvalue weighted by molar-refractivity contribution is 0.392. The molecule has 0 radical (unpaired) electrons. The highest BCUT2D eigenvalue weighted by atomic mass is 16.5. The van der Waals surface area contributed by atoms with Gasteiger partial charge in [0.15, 0.2) is 0 Å². The van der Waals surface area contributed by atoms with Crippen LogP contribution in [-0.4, -0.2) is 43.5 Å². The first-order chi connectivity index (χ1) is 16.0. The van der Waals surface area contributed by atoms with Gasteiger partial charge in [-0.25, -0.2) is 15.0 Å². The van der Waals surface area contributed by atoms with E-state index >= 15 is 0 Å². The Hall–Kier alpha value is -3.95. The minimum absolute atomic E-state index is 0.222. The number of aromatic nitrogens is 5. The Morgan fingerprint density at radius 3 is 2.50 bits per heavy atom. The number of hydrogen-bond donors (Lipinski definition) is 4. The van der Waals surface area contributed by atoms with Crippen LogP contribution in [0.1, 0.15) is 45.0 Å². The standard InChI is InChI=1S/C24H30N8O2/c1-11(25)9-17(31-24(5,6)7)29-22-19-20-16(28-21(19)26-14(4)27-22)10-15(23(30-20)33-8)18-12(2)32-34-13(18)3/h9-10,25,31H,1-8H3,(H2,26,27,28,29)/b17-9-,25-11?. The molecule has 0 bridgehead atoms. The molecule has 10 heteroatoms. The maximum absolute atomic E-state index is 7.95. The van der Waals surface area contributed by atoms with Crippen molar-refractivity contribution in [3.63, 3.8) is 0 Å². The number of allylic oxidation sites excluding steroid dienone is 1.